The number of allylic oxidation sites excluding steroid dienone is 1. The number of hydrogen-bond acceptors (Lipinski definition) is 3. The van der Waals surface area contributed by atoms with Crippen molar-refractivity contribution < 1.29 is 13.2 Å². The predicted octanol–water partition coefficient (Wildman–Crippen LogP) is 2.57. The molecule has 21 heavy (non-hydrogen) atoms. The first kappa shape index (κ1) is 13.9. The van der Waals surface area contributed by atoms with Crippen molar-refractivity contribution in [1.82, 2.24) is 15.5 Å². The molecule has 1 aromatic rings. The molecule has 112 valence electrons. The van der Waals surface area contributed by atoms with Gasteiger partial charge in [-0.2, -0.15) is 0 Å². The highest BCUT2D eigenvalue weighted by atomic mass is 19.2. The van der Waals surface area contributed by atoms with Crippen LogP contribution in [0.2, 0.25) is 0 Å². The fraction of sp³-hybridized carbons (Fsp3) is 0.333. The lowest BCUT2D eigenvalue weighted by molar-refractivity contribution is 0.202. The van der Waals surface area contributed by atoms with E-state index in [-0.39, 0.29) is 12.1 Å². The standard InChI is InChI=1S/C15H16F3N3/c1-15(2)14-12(19-8-20-14)3-4-21(15)7-9-5-10(16)13(18)11(17)6-9/h3-6,19-20H,7-8H2,1-2H3. The van der Waals surface area contributed by atoms with Crippen molar-refractivity contribution >= 4 is 0 Å². The summed E-state index contributed by atoms with van der Waals surface area (Å²) >= 11 is 0. The Morgan fingerprint density at radius 3 is 2.48 bits per heavy atom. The van der Waals surface area contributed by atoms with Gasteiger partial charge in [0.05, 0.1) is 23.6 Å². The van der Waals surface area contributed by atoms with Gasteiger partial charge in [-0.3, -0.25) is 0 Å². The van der Waals surface area contributed by atoms with E-state index >= 15 is 0 Å². The molecule has 0 amide bonds. The Labute approximate surface area is 121 Å². The zero-order chi connectivity index (χ0) is 15.2. The summed E-state index contributed by atoms with van der Waals surface area (Å²) in [4.78, 5) is 1.96. The van der Waals surface area contributed by atoms with Crippen molar-refractivity contribution in [2.75, 3.05) is 6.67 Å². The third-order valence-electron chi connectivity index (χ3n) is 3.96. The minimum Gasteiger partial charge on any atom is -0.368 e. The Kier molecular flexibility index (Phi) is 3.11. The first-order valence-corrected chi connectivity index (χ1v) is 6.70. The average molecular weight is 295 g/mol. The number of nitrogens with one attached hydrogen (secondary N) is 2. The highest BCUT2D eigenvalue weighted by Gasteiger charge is 2.35. The number of halogens is 3. The van der Waals surface area contributed by atoms with Crippen LogP contribution in [0.5, 0.6) is 0 Å². The van der Waals surface area contributed by atoms with Gasteiger partial charge in [-0.15, -0.1) is 0 Å². The summed E-state index contributed by atoms with van der Waals surface area (Å²) in [6, 6.07) is 2.07. The first-order valence-electron chi connectivity index (χ1n) is 6.70. The molecule has 2 aliphatic rings. The van der Waals surface area contributed by atoms with Gasteiger partial charge < -0.3 is 15.5 Å². The van der Waals surface area contributed by atoms with Crippen LogP contribution in [0.15, 0.2) is 35.8 Å². The summed E-state index contributed by atoms with van der Waals surface area (Å²) in [7, 11) is 0. The fourth-order valence-corrected chi connectivity index (χ4v) is 2.74. The van der Waals surface area contributed by atoms with Crippen molar-refractivity contribution in [3.05, 3.63) is 58.8 Å². The van der Waals surface area contributed by atoms with Gasteiger partial charge in [0.1, 0.15) is 0 Å². The molecular formula is C15H16F3N3. The second-order valence-electron chi connectivity index (χ2n) is 5.70. The molecule has 0 atom stereocenters. The van der Waals surface area contributed by atoms with Crippen LogP contribution >= 0.6 is 0 Å². The number of benzene rings is 1. The molecule has 3 rings (SSSR count). The van der Waals surface area contributed by atoms with Crippen LogP contribution in [-0.4, -0.2) is 17.1 Å². The number of rotatable bonds is 2. The van der Waals surface area contributed by atoms with Crippen molar-refractivity contribution in [3.8, 4) is 0 Å². The molecule has 0 fully saturated rings. The maximum Gasteiger partial charge on any atom is 0.194 e. The number of nitrogens with zero attached hydrogens (tertiary/aromatic N) is 1. The summed E-state index contributed by atoms with van der Waals surface area (Å²) in [5.74, 6) is -3.76. The van der Waals surface area contributed by atoms with Crippen LogP contribution in [0.4, 0.5) is 13.2 Å². The molecule has 2 N–H and O–H groups in total. The molecule has 0 spiro atoms. The van der Waals surface area contributed by atoms with Gasteiger partial charge >= 0.3 is 0 Å². The van der Waals surface area contributed by atoms with Crippen molar-refractivity contribution in [2.24, 2.45) is 0 Å². The average Bonchev–Trinajstić information content (AvgIpc) is 2.89. The van der Waals surface area contributed by atoms with Crippen molar-refractivity contribution in [2.45, 2.75) is 25.9 Å². The van der Waals surface area contributed by atoms with Gasteiger partial charge in [-0.05, 0) is 37.6 Å². The molecule has 0 radical (unpaired) electrons. The maximum absolute atomic E-state index is 13.3. The minimum absolute atomic E-state index is 0.288. The lowest BCUT2D eigenvalue weighted by atomic mass is 9.93. The van der Waals surface area contributed by atoms with Gasteiger partial charge in [-0.1, -0.05) is 0 Å². The molecule has 0 aliphatic carbocycles. The van der Waals surface area contributed by atoms with Gasteiger partial charge in [0.25, 0.3) is 0 Å². The summed E-state index contributed by atoms with van der Waals surface area (Å²) in [5, 5.41) is 6.47. The van der Waals surface area contributed by atoms with Crippen LogP contribution in [-0.2, 0) is 6.54 Å². The largest absolute Gasteiger partial charge is 0.368 e. The minimum atomic E-state index is -1.43. The monoisotopic (exact) mass is 295 g/mol. The molecule has 0 bridgehead atoms. The van der Waals surface area contributed by atoms with Gasteiger partial charge in [0.2, 0.25) is 0 Å². The van der Waals surface area contributed by atoms with Crippen molar-refractivity contribution in [1.29, 1.82) is 0 Å². The Bertz CT molecular complexity index is 627. The lowest BCUT2D eigenvalue weighted by Gasteiger charge is -2.41. The predicted molar refractivity (Wildman–Crippen MR) is 73.2 cm³/mol. The van der Waals surface area contributed by atoms with Gasteiger partial charge in [-0.25, -0.2) is 13.2 Å². The Morgan fingerprint density at radius 2 is 1.81 bits per heavy atom. The topological polar surface area (TPSA) is 27.3 Å². The van der Waals surface area contributed by atoms with E-state index in [1.807, 2.05) is 31.0 Å². The molecule has 0 aromatic heterocycles. The van der Waals surface area contributed by atoms with Crippen LogP contribution in [0, 0.1) is 17.5 Å². The summed E-state index contributed by atoms with van der Waals surface area (Å²) < 4.78 is 39.7. The number of hydrogen-bond donors (Lipinski definition) is 2. The molecule has 3 nitrogen and oxygen atoms in total. The van der Waals surface area contributed by atoms with E-state index < -0.39 is 17.5 Å². The normalized spacial score (nSPS) is 19.4. The van der Waals surface area contributed by atoms with E-state index in [2.05, 4.69) is 10.6 Å². The van der Waals surface area contributed by atoms with Crippen molar-refractivity contribution in [3.63, 3.8) is 0 Å². The smallest absolute Gasteiger partial charge is 0.194 e. The second-order valence-corrected chi connectivity index (χ2v) is 5.70. The summed E-state index contributed by atoms with van der Waals surface area (Å²) in [6.45, 7) is 4.98. The van der Waals surface area contributed by atoms with E-state index in [1.54, 1.807) is 0 Å². The second kappa shape index (κ2) is 4.72. The van der Waals surface area contributed by atoms with Crippen LogP contribution in [0.3, 0.4) is 0 Å². The van der Waals surface area contributed by atoms with E-state index in [1.165, 1.54) is 0 Å². The lowest BCUT2D eigenvalue weighted by Crippen LogP contribution is -2.46. The van der Waals surface area contributed by atoms with Gasteiger partial charge in [0, 0.05) is 12.7 Å². The Balaban J connectivity index is 1.88. The van der Waals surface area contributed by atoms with Crippen LogP contribution in [0.1, 0.15) is 19.4 Å². The highest BCUT2D eigenvalue weighted by Crippen LogP contribution is 2.32. The summed E-state index contributed by atoms with van der Waals surface area (Å²) in [5.41, 5.74) is 2.09. The Hall–Kier alpha value is -2.11. The van der Waals surface area contributed by atoms with Crippen LogP contribution in [0.25, 0.3) is 0 Å². The summed E-state index contributed by atoms with van der Waals surface area (Å²) in [6.07, 6.45) is 3.79. The first-order chi connectivity index (χ1) is 9.89. The van der Waals surface area contributed by atoms with E-state index in [4.69, 9.17) is 0 Å². The molecule has 2 heterocycles. The molecule has 1 aromatic carbocycles. The molecule has 2 aliphatic heterocycles. The molecule has 6 heteroatoms. The van der Waals surface area contributed by atoms with E-state index in [0.717, 1.165) is 23.5 Å². The van der Waals surface area contributed by atoms with E-state index in [0.29, 0.717) is 12.2 Å². The zero-order valence-corrected chi connectivity index (χ0v) is 11.8. The Morgan fingerprint density at radius 1 is 1.14 bits per heavy atom. The third kappa shape index (κ3) is 2.24. The SMILES string of the molecule is CC1(C)C2=C(C=CN1Cc1cc(F)c(F)c(F)c1)NCN2. The maximum atomic E-state index is 13.3. The third-order valence-corrected chi connectivity index (χ3v) is 3.96. The van der Waals surface area contributed by atoms with Gasteiger partial charge in [0.15, 0.2) is 17.5 Å². The van der Waals surface area contributed by atoms with Crippen LogP contribution < -0.4 is 10.6 Å². The quantitative estimate of drug-likeness (QED) is 0.821. The molecule has 0 saturated heterocycles. The zero-order valence-electron chi connectivity index (χ0n) is 11.8. The fourth-order valence-electron chi connectivity index (χ4n) is 2.74. The van der Waals surface area contributed by atoms with E-state index in [9.17, 15) is 13.2 Å². The molecular weight excluding hydrogens is 279 g/mol. The highest BCUT2D eigenvalue weighted by molar-refractivity contribution is 5.37. The molecule has 0 saturated carbocycles. The molecule has 0 unspecified atom stereocenters.